The Morgan fingerprint density at radius 1 is 1.09 bits per heavy atom. The monoisotopic (exact) mass is 486 g/mol. The molecule has 34 heavy (non-hydrogen) atoms. The van der Waals surface area contributed by atoms with Crippen molar-refractivity contribution in [3.05, 3.63) is 64.2 Å². The van der Waals surface area contributed by atoms with Gasteiger partial charge in [-0.3, -0.25) is 4.79 Å². The van der Waals surface area contributed by atoms with E-state index in [1.165, 1.54) is 18.1 Å². The van der Waals surface area contributed by atoms with Crippen LogP contribution in [-0.2, 0) is 19.7 Å². The molecular formula is C26H31ClN2O5. The average molecular weight is 487 g/mol. The lowest BCUT2D eigenvalue weighted by Crippen LogP contribution is -2.67. The third kappa shape index (κ3) is 5.20. The van der Waals surface area contributed by atoms with E-state index in [-0.39, 0.29) is 30.5 Å². The number of ether oxygens (including phenoxy) is 2. The molecule has 3 rings (SSSR count). The van der Waals surface area contributed by atoms with Crippen molar-refractivity contribution in [2.45, 2.75) is 51.6 Å². The van der Waals surface area contributed by atoms with E-state index in [2.05, 4.69) is 19.2 Å². The van der Waals surface area contributed by atoms with E-state index in [1.54, 1.807) is 32.9 Å². The number of anilines is 1. The number of rotatable bonds is 5. The third-order valence-corrected chi connectivity index (χ3v) is 5.98. The molecule has 0 bridgehead atoms. The highest BCUT2D eigenvalue weighted by Gasteiger charge is 2.54. The summed E-state index contributed by atoms with van der Waals surface area (Å²) in [6.07, 6.45) is -0.473. The molecule has 2 aromatic rings. The molecule has 1 heterocycles. The van der Waals surface area contributed by atoms with Crippen molar-refractivity contribution in [2.24, 2.45) is 0 Å². The third-order valence-electron chi connectivity index (χ3n) is 5.74. The van der Waals surface area contributed by atoms with E-state index in [0.29, 0.717) is 10.7 Å². The Morgan fingerprint density at radius 2 is 1.74 bits per heavy atom. The molecular weight excluding hydrogens is 456 g/mol. The van der Waals surface area contributed by atoms with E-state index >= 15 is 0 Å². The summed E-state index contributed by atoms with van der Waals surface area (Å²) in [6, 6.07) is 12.3. The molecule has 1 aliphatic heterocycles. The first-order valence-electron chi connectivity index (χ1n) is 11.1. The van der Waals surface area contributed by atoms with Crippen molar-refractivity contribution >= 4 is 35.3 Å². The van der Waals surface area contributed by atoms with Crippen LogP contribution in [0.15, 0.2) is 42.5 Å². The standard InChI is InChI=1S/C26H31ClN2O5/c1-16(2)18-9-7-8-10-20(18)26(14-29(15-26)24(32)34-25(3,4)5)23(31)28-21-12-11-17(27)13-19(21)22(30)33-6/h7-13,16H,14-15H2,1-6H3,(H,28,31). The minimum Gasteiger partial charge on any atom is -0.465 e. The molecule has 0 unspecified atom stereocenters. The number of methoxy groups -OCH3 is 1. The second kappa shape index (κ2) is 9.66. The van der Waals surface area contributed by atoms with Crippen LogP contribution in [-0.4, -0.2) is 48.7 Å². The van der Waals surface area contributed by atoms with Gasteiger partial charge in [0.2, 0.25) is 5.91 Å². The summed E-state index contributed by atoms with van der Waals surface area (Å²) < 4.78 is 10.4. The van der Waals surface area contributed by atoms with Gasteiger partial charge in [-0.2, -0.15) is 0 Å². The molecule has 2 aromatic carbocycles. The molecule has 182 valence electrons. The highest BCUT2D eigenvalue weighted by atomic mass is 35.5. The fraction of sp³-hybridized carbons (Fsp3) is 0.423. The molecule has 0 radical (unpaired) electrons. The maximum atomic E-state index is 13.8. The Kier molecular flexibility index (Phi) is 7.26. The van der Waals surface area contributed by atoms with Crippen molar-refractivity contribution in [3.8, 4) is 0 Å². The highest BCUT2D eigenvalue weighted by molar-refractivity contribution is 6.31. The van der Waals surface area contributed by atoms with Gasteiger partial charge in [0.05, 0.1) is 18.4 Å². The second-order valence-corrected chi connectivity index (χ2v) is 10.2. The van der Waals surface area contributed by atoms with Crippen molar-refractivity contribution in [3.63, 3.8) is 0 Å². The van der Waals surface area contributed by atoms with Crippen LogP contribution in [0.1, 0.15) is 62.0 Å². The number of benzene rings is 2. The lowest BCUT2D eigenvalue weighted by molar-refractivity contribution is -0.127. The number of halogens is 1. The number of hydrogen-bond donors (Lipinski definition) is 1. The molecule has 0 spiro atoms. The van der Waals surface area contributed by atoms with Crippen LogP contribution in [0.2, 0.25) is 5.02 Å². The van der Waals surface area contributed by atoms with Crippen molar-refractivity contribution in [2.75, 3.05) is 25.5 Å². The van der Waals surface area contributed by atoms with Crippen molar-refractivity contribution in [1.29, 1.82) is 0 Å². The Balaban J connectivity index is 2.00. The van der Waals surface area contributed by atoms with E-state index in [9.17, 15) is 14.4 Å². The Hall–Kier alpha value is -3.06. The zero-order valence-corrected chi connectivity index (χ0v) is 21.2. The summed E-state index contributed by atoms with van der Waals surface area (Å²) in [7, 11) is 1.26. The first kappa shape index (κ1) is 25.6. The van der Waals surface area contributed by atoms with E-state index in [0.717, 1.165) is 11.1 Å². The van der Waals surface area contributed by atoms with E-state index in [1.807, 2.05) is 24.3 Å². The molecule has 0 aliphatic carbocycles. The fourth-order valence-corrected chi connectivity index (χ4v) is 4.25. The molecule has 1 fully saturated rings. The molecule has 1 saturated heterocycles. The summed E-state index contributed by atoms with van der Waals surface area (Å²) in [4.78, 5) is 40.3. The summed E-state index contributed by atoms with van der Waals surface area (Å²) in [5.74, 6) is -0.774. The van der Waals surface area contributed by atoms with Gasteiger partial charge in [0.1, 0.15) is 11.0 Å². The number of carbonyl (C=O) groups excluding carboxylic acids is 3. The van der Waals surface area contributed by atoms with Crippen LogP contribution in [0.25, 0.3) is 0 Å². The van der Waals surface area contributed by atoms with Gasteiger partial charge in [0, 0.05) is 18.1 Å². The SMILES string of the molecule is COC(=O)c1cc(Cl)ccc1NC(=O)C1(c2ccccc2C(C)C)CN(C(=O)OC(C)(C)C)C1. The average Bonchev–Trinajstić information content (AvgIpc) is 2.72. The molecule has 0 aromatic heterocycles. The van der Waals surface area contributed by atoms with Crippen LogP contribution in [0.4, 0.5) is 10.5 Å². The zero-order chi connectivity index (χ0) is 25.3. The van der Waals surface area contributed by atoms with Crippen LogP contribution >= 0.6 is 11.6 Å². The smallest absolute Gasteiger partial charge is 0.410 e. The molecule has 7 nitrogen and oxygen atoms in total. The maximum Gasteiger partial charge on any atom is 0.410 e. The first-order chi connectivity index (χ1) is 15.9. The quantitative estimate of drug-likeness (QED) is 0.574. The lowest BCUT2D eigenvalue weighted by Gasteiger charge is -2.49. The van der Waals surface area contributed by atoms with Crippen molar-refractivity contribution in [1.82, 2.24) is 4.90 Å². The number of likely N-dealkylation sites (tertiary alicyclic amines) is 1. The summed E-state index contributed by atoms with van der Waals surface area (Å²) in [6.45, 7) is 9.82. The largest absolute Gasteiger partial charge is 0.465 e. The number of amides is 2. The topological polar surface area (TPSA) is 84.9 Å². The molecule has 2 amide bonds. The second-order valence-electron chi connectivity index (χ2n) is 9.80. The zero-order valence-electron chi connectivity index (χ0n) is 20.4. The Labute approximate surface area is 205 Å². The fourth-order valence-electron chi connectivity index (χ4n) is 4.08. The minimum absolute atomic E-state index is 0.151. The molecule has 0 saturated carbocycles. The summed E-state index contributed by atoms with van der Waals surface area (Å²) in [5.41, 5.74) is 0.649. The number of hydrogen-bond acceptors (Lipinski definition) is 5. The van der Waals surface area contributed by atoms with Crippen LogP contribution in [0.5, 0.6) is 0 Å². The number of carbonyl (C=O) groups is 3. The Bertz CT molecular complexity index is 1100. The van der Waals surface area contributed by atoms with Gasteiger partial charge in [-0.25, -0.2) is 9.59 Å². The van der Waals surface area contributed by atoms with Gasteiger partial charge in [0.15, 0.2) is 0 Å². The predicted molar refractivity (Wildman–Crippen MR) is 131 cm³/mol. The summed E-state index contributed by atoms with van der Waals surface area (Å²) in [5, 5.41) is 3.24. The van der Waals surface area contributed by atoms with Gasteiger partial charge in [-0.05, 0) is 56.0 Å². The molecule has 1 aliphatic rings. The van der Waals surface area contributed by atoms with Gasteiger partial charge < -0.3 is 19.7 Å². The highest BCUT2D eigenvalue weighted by Crippen LogP contribution is 2.40. The van der Waals surface area contributed by atoms with Gasteiger partial charge in [0.25, 0.3) is 0 Å². The van der Waals surface area contributed by atoms with E-state index < -0.39 is 23.1 Å². The number of esters is 1. The van der Waals surface area contributed by atoms with Crippen LogP contribution in [0, 0.1) is 0 Å². The molecule has 1 N–H and O–H groups in total. The lowest BCUT2D eigenvalue weighted by atomic mass is 9.70. The molecule has 0 atom stereocenters. The Morgan fingerprint density at radius 3 is 2.32 bits per heavy atom. The predicted octanol–water partition coefficient (Wildman–Crippen LogP) is 5.38. The minimum atomic E-state index is -1.01. The van der Waals surface area contributed by atoms with Gasteiger partial charge in [-0.1, -0.05) is 49.7 Å². The maximum absolute atomic E-state index is 13.8. The normalized spacial score (nSPS) is 14.9. The number of nitrogens with one attached hydrogen (secondary N) is 1. The van der Waals surface area contributed by atoms with Crippen molar-refractivity contribution < 1.29 is 23.9 Å². The first-order valence-corrected chi connectivity index (χ1v) is 11.5. The van der Waals surface area contributed by atoms with Crippen LogP contribution in [0.3, 0.4) is 0 Å². The van der Waals surface area contributed by atoms with Crippen LogP contribution < -0.4 is 5.32 Å². The number of nitrogens with zero attached hydrogens (tertiary/aromatic N) is 1. The summed E-state index contributed by atoms with van der Waals surface area (Å²) >= 11 is 6.06. The van der Waals surface area contributed by atoms with E-state index in [4.69, 9.17) is 21.1 Å². The molecule has 8 heteroatoms. The van der Waals surface area contributed by atoms with Gasteiger partial charge >= 0.3 is 12.1 Å². The van der Waals surface area contributed by atoms with Gasteiger partial charge in [-0.15, -0.1) is 0 Å².